The first-order chi connectivity index (χ1) is 19.0. The quantitative estimate of drug-likeness (QED) is 0.0715. The number of benzene rings is 1. The van der Waals surface area contributed by atoms with Gasteiger partial charge in [0.15, 0.2) is 11.5 Å². The normalized spacial score (nSPS) is 11.1. The van der Waals surface area contributed by atoms with Gasteiger partial charge in [0, 0.05) is 11.1 Å². The summed E-state index contributed by atoms with van der Waals surface area (Å²) < 4.78 is 17.8. The number of aromatic hydroxyl groups is 1. The van der Waals surface area contributed by atoms with Crippen LogP contribution in [0.3, 0.4) is 0 Å². The van der Waals surface area contributed by atoms with Crippen LogP contribution < -0.4 is 14.2 Å². The molecule has 39 heavy (non-hydrogen) atoms. The van der Waals surface area contributed by atoms with E-state index in [4.69, 9.17) is 14.2 Å². The Morgan fingerprint density at radius 1 is 0.538 bits per heavy atom. The summed E-state index contributed by atoms with van der Waals surface area (Å²) in [7, 11) is 0. The average Bonchev–Trinajstić information content (AvgIpc) is 2.92. The van der Waals surface area contributed by atoms with Crippen LogP contribution in [-0.2, 0) is 12.8 Å². The Kier molecular flexibility index (Phi) is 20.3. The van der Waals surface area contributed by atoms with Crippen molar-refractivity contribution in [1.29, 1.82) is 0 Å². The second kappa shape index (κ2) is 22.7. The SMILES string of the molecule is CCCCCCCCOc1c(O)c(OC(=O)O)c(CCCCC)c(CCCCC)c1OCCCCCCCC. The lowest BCUT2D eigenvalue weighted by atomic mass is 9.94. The molecule has 0 radical (unpaired) electrons. The van der Waals surface area contributed by atoms with Crippen LogP contribution in [0, 0.1) is 0 Å². The molecule has 226 valence electrons. The number of hydrogen-bond donors (Lipinski definition) is 2. The topological polar surface area (TPSA) is 85.2 Å². The predicted octanol–water partition coefficient (Wildman–Crippen LogP) is 10.4. The zero-order valence-electron chi connectivity index (χ0n) is 25.6. The molecule has 0 aromatic heterocycles. The molecular formula is C33H58O6. The Bertz CT molecular complexity index is 776. The van der Waals surface area contributed by atoms with Gasteiger partial charge in [-0.15, -0.1) is 0 Å². The van der Waals surface area contributed by atoms with E-state index in [1.807, 2.05) is 0 Å². The Balaban J connectivity index is 3.32. The molecule has 0 fully saturated rings. The molecule has 0 spiro atoms. The Labute approximate surface area is 238 Å². The van der Waals surface area contributed by atoms with Gasteiger partial charge < -0.3 is 24.4 Å². The van der Waals surface area contributed by atoms with Gasteiger partial charge in [0.1, 0.15) is 0 Å². The van der Waals surface area contributed by atoms with E-state index in [1.54, 1.807) is 0 Å². The van der Waals surface area contributed by atoms with Gasteiger partial charge >= 0.3 is 6.16 Å². The van der Waals surface area contributed by atoms with Gasteiger partial charge in [0.05, 0.1) is 13.2 Å². The van der Waals surface area contributed by atoms with Gasteiger partial charge in [-0.3, -0.25) is 0 Å². The van der Waals surface area contributed by atoms with Crippen LogP contribution in [0.25, 0.3) is 0 Å². The molecule has 0 aliphatic heterocycles. The number of unbranched alkanes of at least 4 members (excludes halogenated alkanes) is 14. The van der Waals surface area contributed by atoms with E-state index in [0.717, 1.165) is 88.2 Å². The summed E-state index contributed by atoms with van der Waals surface area (Å²) in [5.74, 6) is 0.617. The van der Waals surface area contributed by atoms with Gasteiger partial charge in [-0.05, 0) is 38.5 Å². The molecule has 6 nitrogen and oxygen atoms in total. The van der Waals surface area contributed by atoms with Crippen LogP contribution in [0.5, 0.6) is 23.0 Å². The lowest BCUT2D eigenvalue weighted by Gasteiger charge is -2.23. The number of ether oxygens (including phenoxy) is 3. The molecule has 0 atom stereocenters. The third-order valence-electron chi connectivity index (χ3n) is 7.29. The number of carbonyl (C=O) groups is 1. The largest absolute Gasteiger partial charge is 0.511 e. The number of rotatable bonds is 25. The van der Waals surface area contributed by atoms with E-state index in [-0.39, 0.29) is 17.2 Å². The van der Waals surface area contributed by atoms with Gasteiger partial charge in [0.25, 0.3) is 0 Å². The van der Waals surface area contributed by atoms with Crippen molar-refractivity contribution in [3.05, 3.63) is 11.1 Å². The maximum Gasteiger partial charge on any atom is 0.511 e. The van der Waals surface area contributed by atoms with Crippen LogP contribution in [0.15, 0.2) is 0 Å². The monoisotopic (exact) mass is 550 g/mol. The summed E-state index contributed by atoms with van der Waals surface area (Å²) in [4.78, 5) is 11.7. The molecule has 0 saturated heterocycles. The maximum absolute atomic E-state index is 11.7. The molecule has 0 amide bonds. The fraction of sp³-hybridized carbons (Fsp3) is 0.788. The summed E-state index contributed by atoms with van der Waals surface area (Å²) in [5.41, 5.74) is 1.70. The number of hydrogen-bond acceptors (Lipinski definition) is 5. The third kappa shape index (κ3) is 14.2. The molecule has 6 heteroatoms. The zero-order valence-corrected chi connectivity index (χ0v) is 25.6. The van der Waals surface area contributed by atoms with Crippen LogP contribution in [-0.4, -0.2) is 29.6 Å². The molecule has 1 aromatic carbocycles. The van der Waals surface area contributed by atoms with Crippen molar-refractivity contribution in [2.24, 2.45) is 0 Å². The first-order valence-electron chi connectivity index (χ1n) is 16.1. The first kappa shape index (κ1) is 34.9. The van der Waals surface area contributed by atoms with Gasteiger partial charge in [-0.1, -0.05) is 118 Å². The molecule has 0 saturated carbocycles. The van der Waals surface area contributed by atoms with E-state index in [0.29, 0.717) is 25.4 Å². The maximum atomic E-state index is 11.7. The van der Waals surface area contributed by atoms with Crippen molar-refractivity contribution < 1.29 is 29.2 Å². The van der Waals surface area contributed by atoms with E-state index in [2.05, 4.69) is 27.7 Å². The van der Waals surface area contributed by atoms with Gasteiger partial charge in [0.2, 0.25) is 11.5 Å². The zero-order chi connectivity index (χ0) is 28.7. The highest BCUT2D eigenvalue weighted by Gasteiger charge is 2.28. The first-order valence-corrected chi connectivity index (χ1v) is 16.1. The second-order valence-corrected chi connectivity index (χ2v) is 10.8. The average molecular weight is 551 g/mol. The minimum atomic E-state index is -1.43. The van der Waals surface area contributed by atoms with Crippen molar-refractivity contribution in [3.63, 3.8) is 0 Å². The predicted molar refractivity (Wildman–Crippen MR) is 161 cm³/mol. The third-order valence-corrected chi connectivity index (χ3v) is 7.29. The van der Waals surface area contributed by atoms with Crippen LogP contribution >= 0.6 is 0 Å². The molecule has 0 heterocycles. The van der Waals surface area contributed by atoms with Crippen molar-refractivity contribution >= 4 is 6.16 Å². The van der Waals surface area contributed by atoms with Crippen molar-refractivity contribution in [1.82, 2.24) is 0 Å². The van der Waals surface area contributed by atoms with E-state index < -0.39 is 6.16 Å². The summed E-state index contributed by atoms with van der Waals surface area (Å²) in [5, 5.41) is 20.9. The Hall–Kier alpha value is -2.11. The number of carboxylic acid groups (broad SMARTS) is 1. The van der Waals surface area contributed by atoms with E-state index in [9.17, 15) is 15.0 Å². The molecule has 0 aliphatic carbocycles. The Morgan fingerprint density at radius 2 is 0.923 bits per heavy atom. The van der Waals surface area contributed by atoms with E-state index >= 15 is 0 Å². The molecule has 0 bridgehead atoms. The number of phenolic OH excluding ortho intramolecular Hbond substituents is 1. The highest BCUT2D eigenvalue weighted by atomic mass is 16.7. The molecule has 0 unspecified atom stereocenters. The van der Waals surface area contributed by atoms with Crippen LogP contribution in [0.1, 0.15) is 154 Å². The lowest BCUT2D eigenvalue weighted by Crippen LogP contribution is -2.12. The fourth-order valence-corrected chi connectivity index (χ4v) is 4.99. The standard InChI is InChI=1S/C33H58O6/c1-5-9-13-15-17-21-25-37-31-28(24-20-12-8-4)27(23-19-11-7-3)30(39-33(35)36)29(34)32(31)38-26-22-18-16-14-10-6-2/h34H,5-26H2,1-4H3,(H,35,36). The smallest absolute Gasteiger partial charge is 0.502 e. The van der Waals surface area contributed by atoms with Crippen molar-refractivity contribution in [2.45, 2.75) is 156 Å². The second-order valence-electron chi connectivity index (χ2n) is 10.8. The lowest BCUT2D eigenvalue weighted by molar-refractivity contribution is 0.141. The summed E-state index contributed by atoms with van der Waals surface area (Å²) in [6, 6.07) is 0. The highest BCUT2D eigenvalue weighted by Crippen LogP contribution is 2.50. The van der Waals surface area contributed by atoms with E-state index in [1.165, 1.54) is 44.9 Å². The molecule has 2 N–H and O–H groups in total. The molecular weight excluding hydrogens is 492 g/mol. The van der Waals surface area contributed by atoms with Crippen LogP contribution in [0.2, 0.25) is 0 Å². The summed E-state index contributed by atoms with van der Waals surface area (Å²) >= 11 is 0. The Morgan fingerprint density at radius 3 is 1.38 bits per heavy atom. The van der Waals surface area contributed by atoms with Crippen molar-refractivity contribution in [3.8, 4) is 23.0 Å². The minimum Gasteiger partial charge on any atom is -0.502 e. The van der Waals surface area contributed by atoms with Gasteiger partial charge in [-0.25, -0.2) is 4.79 Å². The van der Waals surface area contributed by atoms with Gasteiger partial charge in [-0.2, -0.15) is 0 Å². The van der Waals surface area contributed by atoms with Crippen molar-refractivity contribution in [2.75, 3.05) is 13.2 Å². The highest BCUT2D eigenvalue weighted by molar-refractivity contribution is 5.71. The van der Waals surface area contributed by atoms with Crippen LogP contribution in [0.4, 0.5) is 4.79 Å². The molecule has 1 aromatic rings. The minimum absolute atomic E-state index is 0.0231. The number of phenols is 1. The summed E-state index contributed by atoms with van der Waals surface area (Å²) in [6.45, 7) is 9.74. The fourth-order valence-electron chi connectivity index (χ4n) is 4.99. The summed E-state index contributed by atoms with van der Waals surface area (Å²) in [6.07, 6.45) is 19.8. The molecule has 0 aliphatic rings. The molecule has 1 rings (SSSR count).